The molecule has 1 aromatic carbocycles. The molecule has 2 N–H and O–H groups in total. The fourth-order valence-electron chi connectivity index (χ4n) is 1.67. The summed E-state index contributed by atoms with van der Waals surface area (Å²) < 4.78 is 0. The average molecular weight is 260 g/mol. The van der Waals surface area contributed by atoms with Crippen molar-refractivity contribution in [3.8, 4) is 10.4 Å². The number of anilines is 1. The highest BCUT2D eigenvalue weighted by atomic mass is 32.1. The number of amides is 1. The lowest BCUT2D eigenvalue weighted by molar-refractivity contribution is -0.115. The van der Waals surface area contributed by atoms with E-state index in [1.165, 1.54) is 0 Å². The highest BCUT2D eigenvalue weighted by Gasteiger charge is 2.08. The summed E-state index contributed by atoms with van der Waals surface area (Å²) in [5.74, 6) is -0.0131. The van der Waals surface area contributed by atoms with Gasteiger partial charge in [0.25, 0.3) is 0 Å². The minimum absolute atomic E-state index is 0.0131. The van der Waals surface area contributed by atoms with Gasteiger partial charge in [-0.2, -0.15) is 0 Å². The Morgan fingerprint density at radius 2 is 2.06 bits per heavy atom. The molecule has 0 bridgehead atoms. The molecule has 0 spiro atoms. The summed E-state index contributed by atoms with van der Waals surface area (Å²) in [5, 5.41) is 7.99. The van der Waals surface area contributed by atoms with Crippen LogP contribution < -0.4 is 10.6 Å². The van der Waals surface area contributed by atoms with Crippen LogP contribution in [0.5, 0.6) is 0 Å². The number of benzene rings is 1. The van der Waals surface area contributed by atoms with Gasteiger partial charge in [-0.15, -0.1) is 11.3 Å². The van der Waals surface area contributed by atoms with Crippen LogP contribution in [0.4, 0.5) is 5.69 Å². The van der Waals surface area contributed by atoms with E-state index in [4.69, 9.17) is 0 Å². The number of hydrogen-bond acceptors (Lipinski definition) is 3. The first kappa shape index (κ1) is 12.8. The molecule has 0 aliphatic rings. The lowest BCUT2D eigenvalue weighted by Crippen LogP contribution is -2.27. The molecule has 1 heterocycles. The molecule has 0 saturated carbocycles. The lowest BCUT2D eigenvalue weighted by Gasteiger charge is -2.10. The van der Waals surface area contributed by atoms with Crippen molar-refractivity contribution in [1.82, 2.24) is 5.32 Å². The van der Waals surface area contributed by atoms with Gasteiger partial charge in [0.05, 0.1) is 6.54 Å². The van der Waals surface area contributed by atoms with E-state index in [2.05, 4.69) is 16.7 Å². The zero-order valence-corrected chi connectivity index (χ0v) is 11.1. The first-order valence-corrected chi connectivity index (χ1v) is 6.82. The summed E-state index contributed by atoms with van der Waals surface area (Å²) in [6, 6.07) is 11.9. The fraction of sp³-hybridized carbons (Fsp3) is 0.214. The molecule has 1 aromatic heterocycles. The maximum Gasteiger partial charge on any atom is 0.238 e. The van der Waals surface area contributed by atoms with Crippen molar-refractivity contribution in [2.24, 2.45) is 0 Å². The predicted octanol–water partition coefficient (Wildman–Crippen LogP) is 2.96. The molecule has 94 valence electrons. The van der Waals surface area contributed by atoms with Crippen molar-refractivity contribution in [2.45, 2.75) is 6.92 Å². The summed E-state index contributed by atoms with van der Waals surface area (Å²) in [7, 11) is 0. The maximum atomic E-state index is 11.7. The molecule has 0 aliphatic carbocycles. The standard InChI is InChI=1S/C14H16N2OS/c1-2-15-10-14(17)16-12-7-4-3-6-11(12)13-8-5-9-18-13/h3-9,15H,2,10H2,1H3,(H,16,17). The van der Waals surface area contributed by atoms with Gasteiger partial charge in [-0.3, -0.25) is 4.79 Å². The third kappa shape index (κ3) is 3.18. The third-order valence-corrected chi connectivity index (χ3v) is 3.43. The molecule has 2 aromatic rings. The molecule has 4 heteroatoms. The second-order valence-electron chi connectivity index (χ2n) is 3.85. The van der Waals surface area contributed by atoms with Crippen LogP contribution in [0.25, 0.3) is 10.4 Å². The van der Waals surface area contributed by atoms with Crippen molar-refractivity contribution in [3.05, 3.63) is 41.8 Å². The van der Waals surface area contributed by atoms with E-state index in [9.17, 15) is 4.79 Å². The molecular formula is C14H16N2OS. The second kappa shape index (κ2) is 6.33. The third-order valence-electron chi connectivity index (χ3n) is 2.52. The van der Waals surface area contributed by atoms with E-state index < -0.39 is 0 Å². The van der Waals surface area contributed by atoms with E-state index in [0.29, 0.717) is 6.54 Å². The Morgan fingerprint density at radius 1 is 1.22 bits per heavy atom. The molecule has 0 saturated heterocycles. The Kier molecular flexibility index (Phi) is 4.50. The summed E-state index contributed by atoms with van der Waals surface area (Å²) in [6.07, 6.45) is 0. The van der Waals surface area contributed by atoms with Gasteiger partial charge in [-0.05, 0) is 24.1 Å². The monoisotopic (exact) mass is 260 g/mol. The van der Waals surface area contributed by atoms with Crippen molar-refractivity contribution < 1.29 is 4.79 Å². The van der Waals surface area contributed by atoms with Crippen molar-refractivity contribution in [2.75, 3.05) is 18.4 Å². The van der Waals surface area contributed by atoms with Crippen LogP contribution in [-0.2, 0) is 4.79 Å². The SMILES string of the molecule is CCNCC(=O)Nc1ccccc1-c1cccs1. The van der Waals surface area contributed by atoms with Gasteiger partial charge >= 0.3 is 0 Å². The first-order valence-electron chi connectivity index (χ1n) is 5.94. The fourth-order valence-corrected chi connectivity index (χ4v) is 2.44. The Bertz CT molecular complexity index is 508. The number of para-hydroxylation sites is 1. The largest absolute Gasteiger partial charge is 0.324 e. The number of nitrogens with one attached hydrogen (secondary N) is 2. The number of likely N-dealkylation sites (N-methyl/N-ethyl adjacent to an activating group) is 1. The van der Waals surface area contributed by atoms with Crippen LogP contribution in [0.1, 0.15) is 6.92 Å². The molecule has 0 fully saturated rings. The first-order chi connectivity index (χ1) is 8.81. The van der Waals surface area contributed by atoms with E-state index in [1.807, 2.05) is 42.6 Å². The molecule has 0 radical (unpaired) electrons. The minimum atomic E-state index is -0.0131. The Balaban J connectivity index is 2.16. The van der Waals surface area contributed by atoms with Gasteiger partial charge in [0.1, 0.15) is 0 Å². The van der Waals surface area contributed by atoms with Gasteiger partial charge < -0.3 is 10.6 Å². The topological polar surface area (TPSA) is 41.1 Å². The van der Waals surface area contributed by atoms with Crippen LogP contribution in [0.3, 0.4) is 0 Å². The number of thiophene rings is 1. The van der Waals surface area contributed by atoms with Crippen LogP contribution in [0.2, 0.25) is 0 Å². The van der Waals surface area contributed by atoms with Crippen molar-refractivity contribution in [1.29, 1.82) is 0 Å². The highest BCUT2D eigenvalue weighted by Crippen LogP contribution is 2.31. The van der Waals surface area contributed by atoms with Crippen LogP contribution >= 0.6 is 11.3 Å². The van der Waals surface area contributed by atoms with E-state index >= 15 is 0 Å². The van der Waals surface area contributed by atoms with Crippen LogP contribution in [-0.4, -0.2) is 19.0 Å². The molecule has 0 aliphatic heterocycles. The van der Waals surface area contributed by atoms with Crippen molar-refractivity contribution in [3.63, 3.8) is 0 Å². The van der Waals surface area contributed by atoms with Gasteiger partial charge in [0, 0.05) is 16.1 Å². The van der Waals surface area contributed by atoms with E-state index in [1.54, 1.807) is 11.3 Å². The van der Waals surface area contributed by atoms with Crippen LogP contribution in [0.15, 0.2) is 41.8 Å². The molecule has 0 unspecified atom stereocenters. The molecule has 2 rings (SSSR count). The number of hydrogen-bond donors (Lipinski definition) is 2. The average Bonchev–Trinajstić information content (AvgIpc) is 2.91. The van der Waals surface area contributed by atoms with Gasteiger partial charge in [-0.1, -0.05) is 31.2 Å². The highest BCUT2D eigenvalue weighted by molar-refractivity contribution is 7.13. The molecular weight excluding hydrogens is 244 g/mol. The zero-order chi connectivity index (χ0) is 12.8. The van der Waals surface area contributed by atoms with Gasteiger partial charge in [0.2, 0.25) is 5.91 Å². The summed E-state index contributed by atoms with van der Waals surface area (Å²) >= 11 is 1.67. The Labute approximate surface area is 111 Å². The Hall–Kier alpha value is -1.65. The maximum absolute atomic E-state index is 11.7. The summed E-state index contributed by atoms with van der Waals surface area (Å²) in [4.78, 5) is 12.9. The van der Waals surface area contributed by atoms with E-state index in [-0.39, 0.29) is 5.91 Å². The normalized spacial score (nSPS) is 10.3. The smallest absolute Gasteiger partial charge is 0.238 e. The van der Waals surface area contributed by atoms with Gasteiger partial charge in [-0.25, -0.2) is 0 Å². The summed E-state index contributed by atoms with van der Waals surface area (Å²) in [6.45, 7) is 3.11. The minimum Gasteiger partial charge on any atom is -0.324 e. The lowest BCUT2D eigenvalue weighted by atomic mass is 10.1. The Morgan fingerprint density at radius 3 is 2.78 bits per heavy atom. The predicted molar refractivity (Wildman–Crippen MR) is 76.9 cm³/mol. The molecule has 3 nitrogen and oxygen atoms in total. The molecule has 18 heavy (non-hydrogen) atoms. The van der Waals surface area contributed by atoms with Gasteiger partial charge in [0.15, 0.2) is 0 Å². The quantitative estimate of drug-likeness (QED) is 0.867. The van der Waals surface area contributed by atoms with E-state index in [0.717, 1.165) is 22.7 Å². The number of rotatable bonds is 5. The van der Waals surface area contributed by atoms with Crippen LogP contribution in [0, 0.1) is 0 Å². The molecule has 0 atom stereocenters. The number of carbonyl (C=O) groups excluding carboxylic acids is 1. The number of carbonyl (C=O) groups is 1. The summed E-state index contributed by atoms with van der Waals surface area (Å²) in [5.41, 5.74) is 1.93. The second-order valence-corrected chi connectivity index (χ2v) is 4.80. The molecule has 1 amide bonds. The van der Waals surface area contributed by atoms with Crippen molar-refractivity contribution >= 4 is 22.9 Å². The zero-order valence-electron chi connectivity index (χ0n) is 10.3.